The molecule has 2 heterocycles. The average molecular weight is 640 g/mol. The predicted octanol–water partition coefficient (Wildman–Crippen LogP) is -1.33. The zero-order valence-electron chi connectivity index (χ0n) is 25.1. The molecule has 0 bridgehead atoms. The lowest BCUT2D eigenvalue weighted by Crippen LogP contribution is -2.54. The van der Waals surface area contributed by atoms with E-state index >= 15 is 0 Å². The number of nitrogens with zero attached hydrogens (tertiary/aromatic N) is 1. The summed E-state index contributed by atoms with van der Waals surface area (Å²) in [5.74, 6) is -2.95. The van der Waals surface area contributed by atoms with Crippen molar-refractivity contribution >= 4 is 29.5 Å². The van der Waals surface area contributed by atoms with Crippen LogP contribution in [-0.2, 0) is 42.8 Å². The number of aliphatic hydroxyl groups excluding tert-OH is 1. The summed E-state index contributed by atoms with van der Waals surface area (Å²) in [5, 5.41) is 13.4. The van der Waals surface area contributed by atoms with Crippen LogP contribution in [0.2, 0.25) is 0 Å². The number of amides is 5. The summed E-state index contributed by atoms with van der Waals surface area (Å²) in [6.07, 6.45) is 0.0517. The van der Waals surface area contributed by atoms with Gasteiger partial charge in [0, 0.05) is 13.0 Å². The molecular formula is C29H41N3O13. The SMILES string of the molecule is O=C(COc1cccc2c1C(=O)N(C1CCC(=O)NC1=O)C2=O)NCCOCCOCCOCCOCCOCCOCCO. The molecule has 3 rings (SSSR count). The highest BCUT2D eigenvalue weighted by Crippen LogP contribution is 2.33. The minimum Gasteiger partial charge on any atom is -0.483 e. The predicted molar refractivity (Wildman–Crippen MR) is 154 cm³/mol. The van der Waals surface area contributed by atoms with Gasteiger partial charge in [0.05, 0.1) is 97.0 Å². The quantitative estimate of drug-likeness (QED) is 0.0890. The van der Waals surface area contributed by atoms with Gasteiger partial charge in [-0.1, -0.05) is 6.07 Å². The number of benzene rings is 1. The molecule has 1 atom stereocenters. The number of piperidine rings is 1. The topological polar surface area (TPSA) is 197 Å². The summed E-state index contributed by atoms with van der Waals surface area (Å²) < 4.78 is 37.5. The fourth-order valence-corrected chi connectivity index (χ4v) is 4.33. The van der Waals surface area contributed by atoms with Gasteiger partial charge < -0.3 is 43.6 Å². The lowest BCUT2D eigenvalue weighted by molar-refractivity contribution is -0.136. The van der Waals surface area contributed by atoms with Crippen LogP contribution in [0, 0.1) is 0 Å². The second kappa shape index (κ2) is 20.5. The first-order valence-corrected chi connectivity index (χ1v) is 14.8. The molecule has 1 fully saturated rings. The first-order valence-electron chi connectivity index (χ1n) is 14.8. The molecule has 250 valence electrons. The number of imide groups is 2. The smallest absolute Gasteiger partial charge is 0.266 e. The molecule has 2 aliphatic heterocycles. The summed E-state index contributed by atoms with van der Waals surface area (Å²) in [6.45, 7) is 4.55. The van der Waals surface area contributed by atoms with E-state index in [9.17, 15) is 24.0 Å². The number of carbonyl (C=O) groups is 5. The van der Waals surface area contributed by atoms with Crippen molar-refractivity contribution < 1.29 is 62.2 Å². The van der Waals surface area contributed by atoms with Crippen LogP contribution in [-0.4, -0.2) is 145 Å². The molecule has 1 saturated heterocycles. The van der Waals surface area contributed by atoms with Crippen molar-refractivity contribution in [1.29, 1.82) is 0 Å². The monoisotopic (exact) mass is 639 g/mol. The molecule has 0 saturated carbocycles. The lowest BCUT2D eigenvalue weighted by Gasteiger charge is -2.27. The van der Waals surface area contributed by atoms with Gasteiger partial charge in [-0.2, -0.15) is 0 Å². The number of rotatable bonds is 24. The van der Waals surface area contributed by atoms with Crippen LogP contribution >= 0.6 is 0 Å². The molecule has 3 N–H and O–H groups in total. The standard InChI is InChI=1S/C29H41N3O13/c33-7-9-40-11-13-42-15-17-44-19-18-43-16-14-41-12-10-39-8-6-30-25(35)20-45-23-3-1-2-21-26(23)29(38)32(28(21)37)22-4-5-24(34)31-27(22)36/h1-3,22,33H,4-20H2,(H,30,35)(H,31,34,36). The molecule has 2 aliphatic rings. The van der Waals surface area contributed by atoms with Gasteiger partial charge in [0.25, 0.3) is 17.7 Å². The Bertz CT molecular complexity index is 1130. The molecule has 1 aromatic rings. The number of hydrogen-bond acceptors (Lipinski definition) is 13. The number of ether oxygens (including phenoxy) is 7. The molecule has 16 nitrogen and oxygen atoms in total. The van der Waals surface area contributed by atoms with Crippen LogP contribution in [0.25, 0.3) is 0 Å². The molecule has 5 amide bonds. The fourth-order valence-electron chi connectivity index (χ4n) is 4.33. The number of nitrogens with one attached hydrogen (secondary N) is 2. The van der Waals surface area contributed by atoms with Gasteiger partial charge in [-0.25, -0.2) is 0 Å². The first kappa shape index (κ1) is 36.0. The maximum absolute atomic E-state index is 13.1. The van der Waals surface area contributed by atoms with E-state index in [4.69, 9.17) is 38.3 Å². The maximum atomic E-state index is 13.1. The average Bonchev–Trinajstić information content (AvgIpc) is 3.28. The zero-order valence-corrected chi connectivity index (χ0v) is 25.1. The van der Waals surface area contributed by atoms with Crippen LogP contribution in [0.1, 0.15) is 33.6 Å². The Hall–Kier alpha value is -3.51. The van der Waals surface area contributed by atoms with Gasteiger partial charge in [-0.3, -0.25) is 34.2 Å². The molecule has 16 heteroatoms. The highest BCUT2D eigenvalue weighted by atomic mass is 16.6. The molecule has 0 aliphatic carbocycles. The van der Waals surface area contributed by atoms with Crippen molar-refractivity contribution in [2.45, 2.75) is 18.9 Å². The number of hydrogen-bond donors (Lipinski definition) is 3. The fraction of sp³-hybridized carbons (Fsp3) is 0.621. The Morgan fingerprint density at radius 2 is 1.36 bits per heavy atom. The highest BCUT2D eigenvalue weighted by molar-refractivity contribution is 6.24. The Labute approximate surface area is 260 Å². The third kappa shape index (κ3) is 12.1. The van der Waals surface area contributed by atoms with Crippen LogP contribution in [0.4, 0.5) is 0 Å². The summed E-state index contributed by atoms with van der Waals surface area (Å²) in [5.41, 5.74) is 0.0377. The Balaban J connectivity index is 1.18. The molecule has 1 aromatic carbocycles. The van der Waals surface area contributed by atoms with Gasteiger partial charge in [-0.15, -0.1) is 0 Å². The molecule has 0 aromatic heterocycles. The Morgan fingerprint density at radius 1 is 0.800 bits per heavy atom. The molecule has 45 heavy (non-hydrogen) atoms. The first-order chi connectivity index (χ1) is 21.9. The van der Waals surface area contributed by atoms with Crippen molar-refractivity contribution in [3.63, 3.8) is 0 Å². The second-order valence-corrected chi connectivity index (χ2v) is 9.66. The Kier molecular flexibility index (Phi) is 16.4. The van der Waals surface area contributed by atoms with Crippen LogP contribution in [0.3, 0.4) is 0 Å². The summed E-state index contributed by atoms with van der Waals surface area (Å²) in [4.78, 5) is 62.7. The van der Waals surface area contributed by atoms with Crippen molar-refractivity contribution in [3.8, 4) is 5.75 Å². The van der Waals surface area contributed by atoms with Gasteiger partial charge in [-0.05, 0) is 18.6 Å². The van der Waals surface area contributed by atoms with E-state index in [1.165, 1.54) is 18.2 Å². The van der Waals surface area contributed by atoms with Crippen molar-refractivity contribution in [2.24, 2.45) is 0 Å². The normalized spacial score (nSPS) is 16.2. The number of fused-ring (bicyclic) bond motifs is 1. The van der Waals surface area contributed by atoms with Crippen molar-refractivity contribution in [3.05, 3.63) is 29.3 Å². The molecule has 1 unspecified atom stereocenters. The number of carbonyl (C=O) groups excluding carboxylic acids is 5. The van der Waals surface area contributed by atoms with E-state index in [-0.39, 0.29) is 49.5 Å². The highest BCUT2D eigenvalue weighted by Gasteiger charge is 2.46. The molecule has 0 radical (unpaired) electrons. The largest absolute Gasteiger partial charge is 0.483 e. The van der Waals surface area contributed by atoms with E-state index < -0.39 is 42.2 Å². The Morgan fingerprint density at radius 3 is 1.91 bits per heavy atom. The van der Waals surface area contributed by atoms with Crippen molar-refractivity contribution in [1.82, 2.24) is 15.5 Å². The minimum absolute atomic E-state index is 0.00230. The molecule has 0 spiro atoms. The van der Waals surface area contributed by atoms with Crippen molar-refractivity contribution in [2.75, 3.05) is 99.0 Å². The van der Waals surface area contributed by atoms with Gasteiger partial charge in [0.2, 0.25) is 11.8 Å². The summed E-state index contributed by atoms with van der Waals surface area (Å²) >= 11 is 0. The third-order valence-electron chi connectivity index (χ3n) is 6.45. The lowest BCUT2D eigenvalue weighted by atomic mass is 10.0. The van der Waals surface area contributed by atoms with E-state index in [0.717, 1.165) is 4.90 Å². The van der Waals surface area contributed by atoms with E-state index in [1.807, 2.05) is 0 Å². The van der Waals surface area contributed by atoms with E-state index in [2.05, 4.69) is 10.6 Å². The van der Waals surface area contributed by atoms with Crippen LogP contribution in [0.15, 0.2) is 18.2 Å². The maximum Gasteiger partial charge on any atom is 0.266 e. The summed E-state index contributed by atoms with van der Waals surface area (Å²) in [7, 11) is 0. The zero-order chi connectivity index (χ0) is 32.3. The third-order valence-corrected chi connectivity index (χ3v) is 6.45. The van der Waals surface area contributed by atoms with E-state index in [0.29, 0.717) is 72.7 Å². The second-order valence-electron chi connectivity index (χ2n) is 9.66. The van der Waals surface area contributed by atoms with Gasteiger partial charge in [0.15, 0.2) is 6.61 Å². The molecular weight excluding hydrogens is 598 g/mol. The number of aliphatic hydroxyl groups is 1. The van der Waals surface area contributed by atoms with Gasteiger partial charge >= 0.3 is 0 Å². The van der Waals surface area contributed by atoms with Crippen LogP contribution < -0.4 is 15.4 Å². The minimum atomic E-state index is -1.09. The van der Waals surface area contributed by atoms with E-state index in [1.54, 1.807) is 0 Å². The summed E-state index contributed by atoms with van der Waals surface area (Å²) in [6, 6.07) is 3.33. The van der Waals surface area contributed by atoms with Crippen LogP contribution in [0.5, 0.6) is 5.75 Å². The van der Waals surface area contributed by atoms with Gasteiger partial charge in [0.1, 0.15) is 11.8 Å².